The molecular weight excluding hydrogens is 1170 g/mol. The summed E-state index contributed by atoms with van der Waals surface area (Å²) in [5, 5.41) is 10.6. The Balaban J connectivity index is 5.24. The van der Waals surface area contributed by atoms with Crippen LogP contribution in [0.5, 0.6) is 0 Å². The van der Waals surface area contributed by atoms with Crippen molar-refractivity contribution >= 4 is 39.5 Å². The van der Waals surface area contributed by atoms with E-state index in [1.165, 1.54) is 186 Å². The molecule has 0 heterocycles. The highest BCUT2D eigenvalue weighted by molar-refractivity contribution is 7.47. The van der Waals surface area contributed by atoms with Crippen molar-refractivity contribution in [2.24, 2.45) is 5.92 Å². The van der Waals surface area contributed by atoms with Gasteiger partial charge in [0, 0.05) is 25.7 Å². The normalized spacial score (nSPS) is 14.4. The monoisotopic (exact) mass is 1310 g/mol. The van der Waals surface area contributed by atoms with E-state index in [4.69, 9.17) is 37.0 Å². The standard InChI is InChI=1S/C70H136O17P2/c1-6-10-13-16-19-22-24-26-28-34-39-44-49-54-68(73)81-60-66(87-70(75)56-51-46-41-36-31-30-33-37-42-47-52-63(5)9-4)62-85-89(78,79)83-58-64(71)57-82-88(76,77)84-61-65(59-80-67(72)53-48-43-38-32-21-18-15-12-8-3)86-69(74)55-50-45-40-35-29-27-25-23-20-17-14-11-7-2/h63-66,71H,6-62H2,1-5H3,(H,76,77)(H,78,79)/t63?,64-,65+,66+/m0/s1. The van der Waals surface area contributed by atoms with Crippen LogP contribution in [0.4, 0.5) is 0 Å². The van der Waals surface area contributed by atoms with E-state index < -0.39 is 97.5 Å². The molecule has 0 aliphatic carbocycles. The molecule has 0 saturated heterocycles. The molecule has 0 aliphatic rings. The number of esters is 4. The maximum absolute atomic E-state index is 13.0. The van der Waals surface area contributed by atoms with Crippen LogP contribution in [-0.4, -0.2) is 96.7 Å². The van der Waals surface area contributed by atoms with E-state index in [0.717, 1.165) is 95.8 Å². The molecule has 3 N–H and O–H groups in total. The van der Waals surface area contributed by atoms with Gasteiger partial charge in [0.05, 0.1) is 26.4 Å². The second-order valence-corrected chi connectivity index (χ2v) is 28.4. The quantitative estimate of drug-likeness (QED) is 0.0222. The maximum Gasteiger partial charge on any atom is 0.472 e. The van der Waals surface area contributed by atoms with Gasteiger partial charge in [0.15, 0.2) is 12.2 Å². The number of aliphatic hydroxyl groups excluding tert-OH is 1. The predicted octanol–water partition coefficient (Wildman–Crippen LogP) is 20.1. The van der Waals surface area contributed by atoms with Crippen molar-refractivity contribution in [2.45, 2.75) is 380 Å². The van der Waals surface area contributed by atoms with Gasteiger partial charge in [-0.3, -0.25) is 37.3 Å². The number of hydrogen-bond donors (Lipinski definition) is 3. The highest BCUT2D eigenvalue weighted by Crippen LogP contribution is 2.45. The summed E-state index contributed by atoms with van der Waals surface area (Å²) in [6.45, 7) is 7.26. The number of carbonyl (C=O) groups excluding carboxylic acids is 4. The number of carbonyl (C=O) groups is 4. The number of aliphatic hydroxyl groups is 1. The van der Waals surface area contributed by atoms with Gasteiger partial charge in [0.1, 0.15) is 19.3 Å². The minimum atomic E-state index is -4.95. The predicted molar refractivity (Wildman–Crippen MR) is 358 cm³/mol. The molecule has 0 amide bonds. The maximum atomic E-state index is 13.0. The Bertz CT molecular complexity index is 1720. The molecule has 89 heavy (non-hydrogen) atoms. The third-order valence-electron chi connectivity index (χ3n) is 16.6. The molecule has 19 heteroatoms. The summed E-state index contributed by atoms with van der Waals surface area (Å²) < 4.78 is 68.3. The Labute approximate surface area is 543 Å². The minimum absolute atomic E-state index is 0.107. The lowest BCUT2D eigenvalue weighted by molar-refractivity contribution is -0.161. The third-order valence-corrected chi connectivity index (χ3v) is 18.5. The summed E-state index contributed by atoms with van der Waals surface area (Å²) in [4.78, 5) is 72.5. The smallest absolute Gasteiger partial charge is 0.462 e. The summed E-state index contributed by atoms with van der Waals surface area (Å²) in [6.07, 6.45) is 49.7. The van der Waals surface area contributed by atoms with Crippen LogP contribution in [0.3, 0.4) is 0 Å². The number of hydrogen-bond acceptors (Lipinski definition) is 15. The lowest BCUT2D eigenvalue weighted by Gasteiger charge is -2.21. The van der Waals surface area contributed by atoms with Gasteiger partial charge >= 0.3 is 39.5 Å². The second-order valence-electron chi connectivity index (χ2n) is 25.5. The molecule has 0 aromatic rings. The molecule has 0 rings (SSSR count). The van der Waals surface area contributed by atoms with Crippen molar-refractivity contribution in [1.29, 1.82) is 0 Å². The van der Waals surface area contributed by atoms with Crippen LogP contribution in [0.15, 0.2) is 0 Å². The van der Waals surface area contributed by atoms with Crippen LogP contribution < -0.4 is 0 Å². The van der Waals surface area contributed by atoms with Crippen LogP contribution in [-0.2, 0) is 65.4 Å². The fraction of sp³-hybridized carbons (Fsp3) is 0.943. The molecule has 0 saturated carbocycles. The third kappa shape index (κ3) is 63.2. The fourth-order valence-electron chi connectivity index (χ4n) is 10.6. The fourth-order valence-corrected chi connectivity index (χ4v) is 12.2. The summed E-state index contributed by atoms with van der Waals surface area (Å²) in [5.74, 6) is -1.32. The summed E-state index contributed by atoms with van der Waals surface area (Å²) in [5.41, 5.74) is 0. The molecule has 0 radical (unpaired) electrons. The van der Waals surface area contributed by atoms with Gasteiger partial charge in [-0.15, -0.1) is 0 Å². The van der Waals surface area contributed by atoms with Crippen molar-refractivity contribution in [3.05, 3.63) is 0 Å². The number of rotatable bonds is 70. The van der Waals surface area contributed by atoms with Crippen molar-refractivity contribution in [3.63, 3.8) is 0 Å². The zero-order valence-electron chi connectivity index (χ0n) is 57.6. The van der Waals surface area contributed by atoms with Crippen LogP contribution in [0.2, 0.25) is 0 Å². The SMILES string of the molecule is CCCCCCCCCCCCCCCC(=O)OC[C@H](COP(=O)(O)OC[C@@H](O)COP(=O)(O)OC[C@@H](COC(=O)CCCCCCCCCCC)OC(=O)CCCCCCCCCCCCCCC)OC(=O)CCCCCCCCCCCCC(C)CC. The van der Waals surface area contributed by atoms with E-state index >= 15 is 0 Å². The van der Waals surface area contributed by atoms with Gasteiger partial charge in [-0.05, 0) is 31.6 Å². The van der Waals surface area contributed by atoms with Crippen LogP contribution in [0, 0.1) is 5.92 Å². The number of phosphoric ester groups is 2. The van der Waals surface area contributed by atoms with E-state index in [9.17, 15) is 43.2 Å². The number of phosphoric acid groups is 2. The van der Waals surface area contributed by atoms with Crippen molar-refractivity contribution in [3.8, 4) is 0 Å². The average Bonchev–Trinajstić information content (AvgIpc) is 3.61. The summed E-state index contributed by atoms with van der Waals surface area (Å²) in [7, 11) is -9.90. The summed E-state index contributed by atoms with van der Waals surface area (Å²) >= 11 is 0. The molecular formula is C70H136O17P2. The molecule has 0 aromatic carbocycles. The Morgan fingerprint density at radius 3 is 0.798 bits per heavy atom. The molecule has 528 valence electrons. The van der Waals surface area contributed by atoms with E-state index in [0.29, 0.717) is 25.7 Å². The molecule has 6 atom stereocenters. The Kier molecular flexibility index (Phi) is 62.1. The van der Waals surface area contributed by atoms with Gasteiger partial charge in [0.2, 0.25) is 0 Å². The molecule has 17 nitrogen and oxygen atoms in total. The molecule has 0 spiro atoms. The van der Waals surface area contributed by atoms with Crippen molar-refractivity contribution < 1.29 is 80.2 Å². The summed E-state index contributed by atoms with van der Waals surface area (Å²) in [6, 6.07) is 0. The average molecular weight is 1310 g/mol. The van der Waals surface area contributed by atoms with Gasteiger partial charge in [-0.25, -0.2) is 9.13 Å². The van der Waals surface area contributed by atoms with Crippen molar-refractivity contribution in [1.82, 2.24) is 0 Å². The zero-order chi connectivity index (χ0) is 65.6. The van der Waals surface area contributed by atoms with Crippen LogP contribution >= 0.6 is 15.6 Å². The molecule has 3 unspecified atom stereocenters. The largest absolute Gasteiger partial charge is 0.472 e. The van der Waals surface area contributed by atoms with Gasteiger partial charge in [-0.1, -0.05) is 311 Å². The zero-order valence-corrected chi connectivity index (χ0v) is 59.4. The first kappa shape index (κ1) is 87.1. The van der Waals surface area contributed by atoms with Gasteiger partial charge in [0.25, 0.3) is 0 Å². The van der Waals surface area contributed by atoms with E-state index in [2.05, 4.69) is 34.6 Å². The first-order valence-corrected chi connectivity index (χ1v) is 39.7. The van der Waals surface area contributed by atoms with Crippen LogP contribution in [0.25, 0.3) is 0 Å². The Morgan fingerprint density at radius 2 is 0.539 bits per heavy atom. The highest BCUT2D eigenvalue weighted by atomic mass is 31.2. The van der Waals surface area contributed by atoms with Crippen molar-refractivity contribution in [2.75, 3.05) is 39.6 Å². The Hall–Kier alpha value is -1.94. The first-order valence-electron chi connectivity index (χ1n) is 36.7. The van der Waals surface area contributed by atoms with E-state index in [1.54, 1.807) is 0 Å². The molecule has 0 aromatic heterocycles. The lowest BCUT2D eigenvalue weighted by atomic mass is 9.99. The van der Waals surface area contributed by atoms with Gasteiger partial charge in [-0.2, -0.15) is 0 Å². The molecule has 0 bridgehead atoms. The lowest BCUT2D eigenvalue weighted by Crippen LogP contribution is -2.30. The highest BCUT2D eigenvalue weighted by Gasteiger charge is 2.30. The van der Waals surface area contributed by atoms with Gasteiger partial charge < -0.3 is 33.8 Å². The Morgan fingerprint density at radius 1 is 0.315 bits per heavy atom. The molecule has 0 fully saturated rings. The topological polar surface area (TPSA) is 237 Å². The number of unbranched alkanes of at least 4 members (excludes halogenated alkanes) is 41. The van der Waals surface area contributed by atoms with E-state index in [1.807, 2.05) is 0 Å². The number of ether oxygens (including phenoxy) is 4. The first-order chi connectivity index (χ1) is 43.1. The minimum Gasteiger partial charge on any atom is -0.462 e. The molecule has 0 aliphatic heterocycles. The van der Waals surface area contributed by atoms with E-state index in [-0.39, 0.29) is 25.7 Å². The second kappa shape index (κ2) is 63.5. The van der Waals surface area contributed by atoms with Crippen LogP contribution in [0.1, 0.15) is 362 Å².